The van der Waals surface area contributed by atoms with Crippen LogP contribution in [0.2, 0.25) is 0 Å². The molecule has 0 heteroatoms. The first kappa shape index (κ1) is 5.61. The zero-order valence-corrected chi connectivity index (χ0v) is 5.35. The lowest BCUT2D eigenvalue weighted by Gasteiger charge is -2.14. The molecule has 0 spiro atoms. The van der Waals surface area contributed by atoms with E-state index in [1.807, 2.05) is 0 Å². The first-order chi connectivity index (χ1) is 3.93. The molecule has 0 aromatic heterocycles. The van der Waals surface area contributed by atoms with Crippen LogP contribution >= 0.6 is 0 Å². The first-order valence-corrected chi connectivity index (χ1v) is 3.24. The van der Waals surface area contributed by atoms with Crippen LogP contribution in [0.25, 0.3) is 0 Å². The molecule has 0 saturated heterocycles. The fourth-order valence-electron chi connectivity index (χ4n) is 0.780. The van der Waals surface area contributed by atoms with Gasteiger partial charge < -0.3 is 0 Å². The molecule has 1 aliphatic carbocycles. The second kappa shape index (κ2) is 2.71. The van der Waals surface area contributed by atoms with Gasteiger partial charge in [-0.25, -0.2) is 0 Å². The minimum absolute atomic E-state index is 1.34. The zero-order chi connectivity index (χ0) is 5.82. The van der Waals surface area contributed by atoms with Gasteiger partial charge in [-0.2, -0.15) is 0 Å². The highest BCUT2D eigenvalue weighted by atomic mass is 14.1. The van der Waals surface area contributed by atoms with Crippen LogP contribution in [0.3, 0.4) is 0 Å². The van der Waals surface area contributed by atoms with Gasteiger partial charge in [-0.15, -0.1) is 0 Å². The Bertz CT molecular complexity index is 112. The Morgan fingerprint density at radius 3 is 2.50 bits per heavy atom. The van der Waals surface area contributed by atoms with Gasteiger partial charge in [0.25, 0.3) is 0 Å². The molecule has 0 radical (unpaired) electrons. The molecule has 0 nitrogen and oxygen atoms in total. The van der Waals surface area contributed by atoms with Crippen LogP contribution in [0.1, 0.15) is 26.2 Å². The van der Waals surface area contributed by atoms with Gasteiger partial charge in [0.2, 0.25) is 0 Å². The molecule has 0 N–H and O–H groups in total. The summed E-state index contributed by atoms with van der Waals surface area (Å²) >= 11 is 0. The minimum Gasteiger partial charge on any atom is -0.0877 e. The Morgan fingerprint density at radius 1 is 1.38 bits per heavy atom. The standard InChI is InChI=1S/C8H12/c1-2-3-5-8-6-4-7-8/h2-3,5H,4,6-7H2,1H3. The number of rotatable bonds is 1. The summed E-state index contributed by atoms with van der Waals surface area (Å²) in [6, 6.07) is 0. The van der Waals surface area contributed by atoms with Crippen molar-refractivity contribution in [3.63, 3.8) is 0 Å². The monoisotopic (exact) mass is 108 g/mol. The van der Waals surface area contributed by atoms with Crippen molar-refractivity contribution in [2.45, 2.75) is 26.2 Å². The highest BCUT2D eigenvalue weighted by Crippen LogP contribution is 2.24. The molecule has 1 fully saturated rings. The molecule has 8 heavy (non-hydrogen) atoms. The van der Waals surface area contributed by atoms with Crippen LogP contribution in [0, 0.1) is 0 Å². The van der Waals surface area contributed by atoms with Gasteiger partial charge >= 0.3 is 0 Å². The molecule has 0 bridgehead atoms. The van der Waals surface area contributed by atoms with Crippen LogP contribution in [0.5, 0.6) is 0 Å². The maximum atomic E-state index is 2.23. The van der Waals surface area contributed by atoms with Crippen molar-refractivity contribution in [1.29, 1.82) is 0 Å². The van der Waals surface area contributed by atoms with Crippen LogP contribution in [-0.4, -0.2) is 0 Å². The fraction of sp³-hybridized carbons (Fsp3) is 0.500. The maximum absolute atomic E-state index is 2.23. The molecule has 1 aliphatic rings. The van der Waals surface area contributed by atoms with E-state index >= 15 is 0 Å². The Morgan fingerprint density at radius 2 is 2.12 bits per heavy atom. The van der Waals surface area contributed by atoms with Gasteiger partial charge in [0, 0.05) is 0 Å². The normalized spacial score (nSPS) is 18.9. The van der Waals surface area contributed by atoms with E-state index in [2.05, 4.69) is 25.2 Å². The van der Waals surface area contributed by atoms with Crippen LogP contribution in [-0.2, 0) is 0 Å². The molecule has 44 valence electrons. The molecule has 0 atom stereocenters. The molecule has 0 aromatic carbocycles. The smallest absolute Gasteiger partial charge is 0.0314 e. The molecule has 0 heterocycles. The molecule has 0 unspecified atom stereocenters. The minimum atomic E-state index is 1.34. The summed E-state index contributed by atoms with van der Waals surface area (Å²) in [5.41, 5.74) is 1.61. The molecule has 1 rings (SSSR count). The highest BCUT2D eigenvalue weighted by molar-refractivity contribution is 5.16. The fourth-order valence-corrected chi connectivity index (χ4v) is 0.780. The van der Waals surface area contributed by atoms with Gasteiger partial charge in [-0.1, -0.05) is 23.8 Å². The SMILES string of the molecule is CC=CC=C1CCC1. The van der Waals surface area contributed by atoms with Crippen molar-refractivity contribution >= 4 is 0 Å². The zero-order valence-electron chi connectivity index (χ0n) is 5.35. The highest BCUT2D eigenvalue weighted by Gasteiger charge is 2.05. The average Bonchev–Trinajstić information content (AvgIpc) is 1.63. The van der Waals surface area contributed by atoms with Crippen LogP contribution in [0.4, 0.5) is 0 Å². The third-order valence-corrected chi connectivity index (χ3v) is 1.52. The quantitative estimate of drug-likeness (QED) is 0.484. The van der Waals surface area contributed by atoms with E-state index in [-0.39, 0.29) is 0 Å². The molecule has 1 saturated carbocycles. The van der Waals surface area contributed by atoms with Gasteiger partial charge in [0.1, 0.15) is 0 Å². The average molecular weight is 108 g/mol. The predicted octanol–water partition coefficient (Wildman–Crippen LogP) is 2.67. The van der Waals surface area contributed by atoms with E-state index in [1.165, 1.54) is 19.3 Å². The van der Waals surface area contributed by atoms with Crippen molar-refractivity contribution in [3.8, 4) is 0 Å². The second-order valence-corrected chi connectivity index (χ2v) is 2.20. The summed E-state index contributed by atoms with van der Waals surface area (Å²) in [4.78, 5) is 0. The number of allylic oxidation sites excluding steroid dienone is 4. The van der Waals surface area contributed by atoms with Gasteiger partial charge in [0.05, 0.1) is 0 Å². The van der Waals surface area contributed by atoms with Gasteiger partial charge in [0.15, 0.2) is 0 Å². The van der Waals surface area contributed by atoms with E-state index in [9.17, 15) is 0 Å². The Balaban J connectivity index is 2.31. The largest absolute Gasteiger partial charge is 0.0877 e. The predicted molar refractivity (Wildman–Crippen MR) is 36.7 cm³/mol. The third-order valence-electron chi connectivity index (χ3n) is 1.52. The summed E-state index contributed by atoms with van der Waals surface area (Å²) in [5, 5.41) is 0. The van der Waals surface area contributed by atoms with Crippen molar-refractivity contribution in [1.82, 2.24) is 0 Å². The molecule has 0 aliphatic heterocycles. The lowest BCUT2D eigenvalue weighted by molar-refractivity contribution is 0.663. The molecular weight excluding hydrogens is 96.1 g/mol. The van der Waals surface area contributed by atoms with Crippen molar-refractivity contribution in [2.24, 2.45) is 0 Å². The third kappa shape index (κ3) is 1.22. The summed E-state index contributed by atoms with van der Waals surface area (Å²) in [6.45, 7) is 2.05. The molecule has 0 amide bonds. The molecular formula is C8H12. The summed E-state index contributed by atoms with van der Waals surface area (Å²) in [5.74, 6) is 0. The van der Waals surface area contributed by atoms with E-state index in [1.54, 1.807) is 5.57 Å². The molecule has 0 aromatic rings. The first-order valence-electron chi connectivity index (χ1n) is 3.24. The number of hydrogen-bond acceptors (Lipinski definition) is 0. The Kier molecular flexibility index (Phi) is 1.90. The van der Waals surface area contributed by atoms with E-state index in [4.69, 9.17) is 0 Å². The topological polar surface area (TPSA) is 0 Å². The van der Waals surface area contributed by atoms with Gasteiger partial charge in [-0.05, 0) is 26.2 Å². The van der Waals surface area contributed by atoms with Crippen LogP contribution < -0.4 is 0 Å². The number of hydrogen-bond donors (Lipinski definition) is 0. The van der Waals surface area contributed by atoms with E-state index in [0.29, 0.717) is 0 Å². The summed E-state index contributed by atoms with van der Waals surface area (Å²) < 4.78 is 0. The summed E-state index contributed by atoms with van der Waals surface area (Å²) in [6.07, 6.45) is 10.5. The van der Waals surface area contributed by atoms with Crippen LogP contribution in [0.15, 0.2) is 23.8 Å². The summed E-state index contributed by atoms with van der Waals surface area (Å²) in [7, 11) is 0. The Hall–Kier alpha value is -0.520. The van der Waals surface area contributed by atoms with E-state index in [0.717, 1.165) is 0 Å². The Labute approximate surface area is 50.9 Å². The lowest BCUT2D eigenvalue weighted by atomic mass is 9.92. The lowest BCUT2D eigenvalue weighted by Crippen LogP contribution is -1.94. The maximum Gasteiger partial charge on any atom is -0.0314 e. The van der Waals surface area contributed by atoms with Crippen molar-refractivity contribution < 1.29 is 0 Å². The van der Waals surface area contributed by atoms with Gasteiger partial charge in [-0.3, -0.25) is 0 Å². The second-order valence-electron chi connectivity index (χ2n) is 2.20. The van der Waals surface area contributed by atoms with Crippen molar-refractivity contribution in [3.05, 3.63) is 23.8 Å². The van der Waals surface area contributed by atoms with Crippen molar-refractivity contribution in [2.75, 3.05) is 0 Å². The van der Waals surface area contributed by atoms with E-state index < -0.39 is 0 Å².